The number of hydrogen-bond donors (Lipinski definition) is 1. The number of nitriles is 1. The van der Waals surface area contributed by atoms with Crippen LogP contribution < -0.4 is 0 Å². The third kappa shape index (κ3) is 1.57. The molecule has 2 aromatic heterocycles. The number of imidazole rings is 1. The first-order valence-corrected chi connectivity index (χ1v) is 6.99. The van der Waals surface area contributed by atoms with E-state index in [1.807, 2.05) is 17.5 Å². The van der Waals surface area contributed by atoms with Crippen molar-refractivity contribution in [2.75, 3.05) is 0 Å². The van der Waals surface area contributed by atoms with Gasteiger partial charge in [-0.3, -0.25) is 0 Å². The van der Waals surface area contributed by atoms with E-state index in [1.165, 1.54) is 0 Å². The van der Waals surface area contributed by atoms with Gasteiger partial charge in [0.05, 0.1) is 29.1 Å². The summed E-state index contributed by atoms with van der Waals surface area (Å²) in [5.41, 5.74) is 3.67. The van der Waals surface area contributed by atoms with Crippen molar-refractivity contribution in [3.63, 3.8) is 0 Å². The minimum absolute atomic E-state index is 0.299. The Kier molecular flexibility index (Phi) is 2.06. The van der Waals surface area contributed by atoms with Crippen LogP contribution in [0.1, 0.15) is 18.5 Å². The second-order valence-corrected chi connectivity index (χ2v) is 5.72. The summed E-state index contributed by atoms with van der Waals surface area (Å²) in [5, 5.41) is 12.2. The van der Waals surface area contributed by atoms with E-state index in [2.05, 4.69) is 27.1 Å². The van der Waals surface area contributed by atoms with Gasteiger partial charge in [-0.05, 0) is 31.0 Å². The van der Waals surface area contributed by atoms with Gasteiger partial charge in [-0.25, -0.2) is 9.97 Å². The van der Waals surface area contributed by atoms with Crippen LogP contribution in [0.4, 0.5) is 0 Å². The predicted octanol–water partition coefficient (Wildman–Crippen LogP) is 3.24. The maximum Gasteiger partial charge on any atom is 0.123 e. The van der Waals surface area contributed by atoms with Gasteiger partial charge in [0.2, 0.25) is 0 Å². The lowest BCUT2D eigenvalue weighted by Crippen LogP contribution is -2.02. The van der Waals surface area contributed by atoms with Gasteiger partial charge in [-0.1, -0.05) is 0 Å². The normalized spacial score (nSPS) is 16.4. The van der Waals surface area contributed by atoms with Gasteiger partial charge < -0.3 is 4.98 Å². The molecule has 1 aromatic carbocycles. The minimum Gasteiger partial charge on any atom is -0.345 e. The zero-order valence-electron chi connectivity index (χ0n) is 10.1. The highest BCUT2D eigenvalue weighted by Gasteiger charge is 2.47. The number of fused-ring (bicyclic) bond motifs is 1. The summed E-state index contributed by atoms with van der Waals surface area (Å²) in [5.74, 6) is 0. The van der Waals surface area contributed by atoms with Crippen molar-refractivity contribution in [1.82, 2.24) is 15.0 Å². The molecule has 0 spiro atoms. The van der Waals surface area contributed by atoms with Crippen molar-refractivity contribution >= 4 is 22.4 Å². The highest BCUT2D eigenvalue weighted by Crippen LogP contribution is 2.48. The maximum atomic E-state index is 9.20. The number of rotatable bonds is 2. The first-order chi connectivity index (χ1) is 9.31. The molecule has 19 heavy (non-hydrogen) atoms. The SMILES string of the molecule is N#CC1(c2csc(-c3ccc4nc[nH]c4c3)n2)CC1. The van der Waals surface area contributed by atoms with E-state index >= 15 is 0 Å². The molecule has 0 bridgehead atoms. The highest BCUT2D eigenvalue weighted by atomic mass is 32.1. The summed E-state index contributed by atoms with van der Waals surface area (Å²) in [6.07, 6.45) is 3.56. The molecule has 0 aliphatic heterocycles. The van der Waals surface area contributed by atoms with E-state index in [0.717, 1.165) is 40.1 Å². The van der Waals surface area contributed by atoms with Crippen LogP contribution in [0.5, 0.6) is 0 Å². The fourth-order valence-electron chi connectivity index (χ4n) is 2.24. The molecule has 1 fully saturated rings. The van der Waals surface area contributed by atoms with Gasteiger partial charge in [-0.2, -0.15) is 5.26 Å². The Bertz CT molecular complexity index is 804. The van der Waals surface area contributed by atoms with Crippen LogP contribution in [0.2, 0.25) is 0 Å². The van der Waals surface area contributed by atoms with Crippen LogP contribution in [-0.4, -0.2) is 15.0 Å². The smallest absolute Gasteiger partial charge is 0.123 e. The van der Waals surface area contributed by atoms with E-state index in [-0.39, 0.29) is 5.41 Å². The largest absolute Gasteiger partial charge is 0.345 e. The lowest BCUT2D eigenvalue weighted by atomic mass is 10.1. The quantitative estimate of drug-likeness (QED) is 0.774. The molecule has 0 amide bonds. The van der Waals surface area contributed by atoms with Crippen LogP contribution in [0.15, 0.2) is 29.9 Å². The molecule has 3 aromatic rings. The molecule has 0 radical (unpaired) electrons. The van der Waals surface area contributed by atoms with Crippen molar-refractivity contribution in [1.29, 1.82) is 5.26 Å². The summed E-state index contributed by atoms with van der Waals surface area (Å²) in [4.78, 5) is 11.9. The summed E-state index contributed by atoms with van der Waals surface area (Å²) < 4.78 is 0. The minimum atomic E-state index is -0.299. The van der Waals surface area contributed by atoms with Crippen molar-refractivity contribution in [2.45, 2.75) is 18.3 Å². The van der Waals surface area contributed by atoms with Crippen molar-refractivity contribution in [2.24, 2.45) is 0 Å². The van der Waals surface area contributed by atoms with Gasteiger partial charge in [0.1, 0.15) is 10.4 Å². The highest BCUT2D eigenvalue weighted by molar-refractivity contribution is 7.13. The van der Waals surface area contributed by atoms with Crippen molar-refractivity contribution in [3.05, 3.63) is 35.6 Å². The zero-order chi connectivity index (χ0) is 12.9. The monoisotopic (exact) mass is 266 g/mol. The van der Waals surface area contributed by atoms with Gasteiger partial charge in [0, 0.05) is 10.9 Å². The third-order valence-corrected chi connectivity index (χ3v) is 4.52. The molecular weight excluding hydrogens is 256 g/mol. The van der Waals surface area contributed by atoms with Crippen molar-refractivity contribution < 1.29 is 0 Å². The second-order valence-electron chi connectivity index (χ2n) is 4.87. The standard InChI is InChI=1S/C14H10N4S/c15-7-14(3-4-14)12-6-19-13(18-12)9-1-2-10-11(5-9)17-8-16-10/h1-2,5-6,8H,3-4H2,(H,16,17). The molecule has 5 heteroatoms. The van der Waals surface area contributed by atoms with Crippen LogP contribution in [0.25, 0.3) is 21.6 Å². The predicted molar refractivity (Wildman–Crippen MR) is 73.7 cm³/mol. The lowest BCUT2D eigenvalue weighted by Gasteiger charge is -1.99. The molecule has 1 N–H and O–H groups in total. The molecule has 0 saturated heterocycles. The molecule has 0 atom stereocenters. The second kappa shape index (κ2) is 3.65. The zero-order valence-corrected chi connectivity index (χ0v) is 10.9. The molecule has 92 valence electrons. The number of nitrogens with one attached hydrogen (secondary N) is 1. The van der Waals surface area contributed by atoms with E-state index in [1.54, 1.807) is 17.7 Å². The van der Waals surface area contributed by atoms with Crippen LogP contribution in [0, 0.1) is 11.3 Å². The number of thiazole rings is 1. The number of aromatic nitrogens is 3. The number of aromatic amines is 1. The number of H-pyrrole nitrogens is 1. The van der Waals surface area contributed by atoms with Gasteiger partial charge in [-0.15, -0.1) is 11.3 Å². The molecule has 4 nitrogen and oxygen atoms in total. The number of benzene rings is 1. The fourth-order valence-corrected chi connectivity index (χ4v) is 3.16. The topological polar surface area (TPSA) is 65.4 Å². The maximum absolute atomic E-state index is 9.20. The van der Waals surface area contributed by atoms with Crippen LogP contribution in [0.3, 0.4) is 0 Å². The van der Waals surface area contributed by atoms with Crippen LogP contribution in [-0.2, 0) is 5.41 Å². The Labute approximate surface area is 113 Å². The molecular formula is C14H10N4S. The van der Waals surface area contributed by atoms with E-state index in [0.29, 0.717) is 0 Å². The van der Waals surface area contributed by atoms with E-state index in [4.69, 9.17) is 0 Å². The van der Waals surface area contributed by atoms with Gasteiger partial charge in [0.25, 0.3) is 0 Å². The Hall–Kier alpha value is -2.19. The Morgan fingerprint density at radius 1 is 1.37 bits per heavy atom. The molecule has 1 saturated carbocycles. The molecule has 1 aliphatic rings. The summed E-state index contributed by atoms with van der Waals surface area (Å²) in [6, 6.07) is 8.45. The molecule has 0 unspecified atom stereocenters. The summed E-state index contributed by atoms with van der Waals surface area (Å²) >= 11 is 1.60. The van der Waals surface area contributed by atoms with Gasteiger partial charge >= 0.3 is 0 Å². The molecule has 4 rings (SSSR count). The Morgan fingerprint density at radius 3 is 3.05 bits per heavy atom. The lowest BCUT2D eigenvalue weighted by molar-refractivity contribution is 0.868. The molecule has 2 heterocycles. The fraction of sp³-hybridized carbons (Fsp3) is 0.214. The Morgan fingerprint density at radius 2 is 2.26 bits per heavy atom. The third-order valence-electron chi connectivity index (χ3n) is 3.63. The molecule has 1 aliphatic carbocycles. The van der Waals surface area contributed by atoms with Crippen molar-refractivity contribution in [3.8, 4) is 16.6 Å². The van der Waals surface area contributed by atoms with Crippen LogP contribution >= 0.6 is 11.3 Å². The van der Waals surface area contributed by atoms with Gasteiger partial charge in [0.15, 0.2) is 0 Å². The Balaban J connectivity index is 1.78. The first-order valence-electron chi connectivity index (χ1n) is 6.11. The van der Waals surface area contributed by atoms with E-state index < -0.39 is 0 Å². The first kappa shape index (κ1) is 10.7. The number of hydrogen-bond acceptors (Lipinski definition) is 4. The van der Waals surface area contributed by atoms with E-state index in [9.17, 15) is 5.26 Å². The summed E-state index contributed by atoms with van der Waals surface area (Å²) in [6.45, 7) is 0. The average molecular weight is 266 g/mol. The number of nitrogens with zero attached hydrogens (tertiary/aromatic N) is 3. The average Bonchev–Trinajstić information content (AvgIpc) is 2.90. The summed E-state index contributed by atoms with van der Waals surface area (Å²) in [7, 11) is 0.